The van der Waals surface area contributed by atoms with Gasteiger partial charge in [-0.15, -0.1) is 0 Å². The second-order valence-electron chi connectivity index (χ2n) is 3.37. The zero-order valence-electron chi connectivity index (χ0n) is 8.91. The standard InChI is InChI=1S/C10H11NO6/c1-5(12)8(10(15)16)11-9(14)6-2-3-7(13)17-4-6/h2-5,8,12H,1H3,(H,11,14)(H,15,16)/t5-,8+/m1/s1. The molecule has 1 amide bonds. The predicted molar refractivity (Wildman–Crippen MR) is 55.5 cm³/mol. The third-order valence-corrected chi connectivity index (χ3v) is 2.00. The summed E-state index contributed by atoms with van der Waals surface area (Å²) in [4.78, 5) is 32.9. The molecule has 0 spiro atoms. The Labute approximate surface area is 95.7 Å². The molecule has 1 rings (SSSR count). The largest absolute Gasteiger partial charge is 0.480 e. The minimum atomic E-state index is -1.42. The molecule has 3 N–H and O–H groups in total. The molecular weight excluding hydrogens is 230 g/mol. The smallest absolute Gasteiger partial charge is 0.335 e. The lowest BCUT2D eigenvalue weighted by Gasteiger charge is -2.16. The first-order valence-corrected chi connectivity index (χ1v) is 4.72. The zero-order valence-corrected chi connectivity index (χ0v) is 8.91. The van der Waals surface area contributed by atoms with Crippen LogP contribution >= 0.6 is 0 Å². The van der Waals surface area contributed by atoms with Crippen LogP contribution in [0.15, 0.2) is 27.6 Å². The van der Waals surface area contributed by atoms with E-state index in [1.165, 1.54) is 13.0 Å². The molecule has 0 aliphatic carbocycles. The number of carbonyl (C=O) groups excluding carboxylic acids is 1. The lowest BCUT2D eigenvalue weighted by atomic mass is 10.1. The summed E-state index contributed by atoms with van der Waals surface area (Å²) in [5.41, 5.74) is -0.622. The third-order valence-electron chi connectivity index (χ3n) is 2.00. The van der Waals surface area contributed by atoms with E-state index in [1.54, 1.807) is 0 Å². The lowest BCUT2D eigenvalue weighted by Crippen LogP contribution is -2.47. The normalized spacial score (nSPS) is 13.8. The van der Waals surface area contributed by atoms with Gasteiger partial charge in [-0.25, -0.2) is 9.59 Å². The topological polar surface area (TPSA) is 117 Å². The van der Waals surface area contributed by atoms with Crippen LogP contribution in [0.2, 0.25) is 0 Å². The Balaban J connectivity index is 2.81. The Morgan fingerprint density at radius 2 is 2.06 bits per heavy atom. The van der Waals surface area contributed by atoms with Crippen LogP contribution in [0.5, 0.6) is 0 Å². The number of carbonyl (C=O) groups is 2. The predicted octanol–water partition coefficient (Wildman–Crippen LogP) is -0.796. The van der Waals surface area contributed by atoms with Crippen molar-refractivity contribution in [2.45, 2.75) is 19.1 Å². The van der Waals surface area contributed by atoms with E-state index in [0.717, 1.165) is 12.3 Å². The van der Waals surface area contributed by atoms with Crippen LogP contribution < -0.4 is 10.9 Å². The number of carboxylic acids is 1. The Bertz CT molecular complexity index is 457. The number of aliphatic carboxylic acids is 1. The van der Waals surface area contributed by atoms with E-state index in [4.69, 9.17) is 10.2 Å². The van der Waals surface area contributed by atoms with E-state index in [-0.39, 0.29) is 5.56 Å². The zero-order chi connectivity index (χ0) is 13.0. The molecule has 1 aromatic rings. The molecule has 0 fully saturated rings. The van der Waals surface area contributed by atoms with Gasteiger partial charge in [-0.1, -0.05) is 0 Å². The van der Waals surface area contributed by atoms with Gasteiger partial charge in [0, 0.05) is 6.07 Å². The SMILES string of the molecule is C[C@@H](O)[C@H](NC(=O)c1ccc(=O)oc1)C(=O)O. The first-order valence-electron chi connectivity index (χ1n) is 4.72. The van der Waals surface area contributed by atoms with Gasteiger partial charge < -0.3 is 19.9 Å². The summed E-state index contributed by atoms with van der Waals surface area (Å²) < 4.78 is 4.46. The molecule has 0 radical (unpaired) electrons. The van der Waals surface area contributed by atoms with Crippen molar-refractivity contribution in [3.63, 3.8) is 0 Å². The van der Waals surface area contributed by atoms with Crippen molar-refractivity contribution in [2.75, 3.05) is 0 Å². The van der Waals surface area contributed by atoms with Crippen LogP contribution in [-0.2, 0) is 4.79 Å². The van der Waals surface area contributed by atoms with E-state index < -0.39 is 29.6 Å². The number of nitrogens with one attached hydrogen (secondary N) is 1. The molecule has 2 atom stereocenters. The first-order chi connectivity index (χ1) is 7.91. The summed E-state index contributed by atoms with van der Waals surface area (Å²) >= 11 is 0. The molecule has 0 saturated heterocycles. The quantitative estimate of drug-likeness (QED) is 0.635. The highest BCUT2D eigenvalue weighted by Gasteiger charge is 2.25. The van der Waals surface area contributed by atoms with E-state index in [9.17, 15) is 14.4 Å². The van der Waals surface area contributed by atoms with E-state index >= 15 is 0 Å². The van der Waals surface area contributed by atoms with Gasteiger partial charge in [0.2, 0.25) is 0 Å². The molecule has 7 nitrogen and oxygen atoms in total. The summed E-state index contributed by atoms with van der Waals surface area (Å²) in [6.07, 6.45) is -0.328. The van der Waals surface area contributed by atoms with Gasteiger partial charge in [-0.2, -0.15) is 0 Å². The molecular formula is C10H11NO6. The van der Waals surface area contributed by atoms with Crippen molar-refractivity contribution >= 4 is 11.9 Å². The van der Waals surface area contributed by atoms with Crippen molar-refractivity contribution < 1.29 is 24.2 Å². The maximum absolute atomic E-state index is 11.5. The number of aliphatic hydroxyl groups excluding tert-OH is 1. The average molecular weight is 241 g/mol. The van der Waals surface area contributed by atoms with Crippen molar-refractivity contribution in [1.29, 1.82) is 0 Å². The number of amides is 1. The van der Waals surface area contributed by atoms with E-state index in [0.29, 0.717) is 0 Å². The maximum atomic E-state index is 11.5. The van der Waals surface area contributed by atoms with E-state index in [1.807, 2.05) is 0 Å². The highest BCUT2D eigenvalue weighted by atomic mass is 16.4. The van der Waals surface area contributed by atoms with Gasteiger partial charge in [-0.3, -0.25) is 4.79 Å². The first kappa shape index (κ1) is 12.9. The van der Waals surface area contributed by atoms with Crippen LogP contribution in [-0.4, -0.2) is 34.2 Å². The van der Waals surface area contributed by atoms with Crippen LogP contribution in [0.1, 0.15) is 17.3 Å². The lowest BCUT2D eigenvalue weighted by molar-refractivity contribution is -0.141. The summed E-state index contributed by atoms with van der Waals surface area (Å²) in [6.45, 7) is 1.24. The van der Waals surface area contributed by atoms with Crippen molar-refractivity contribution in [3.05, 3.63) is 34.4 Å². The number of hydrogen-bond acceptors (Lipinski definition) is 5. The van der Waals surface area contributed by atoms with Gasteiger partial charge >= 0.3 is 11.6 Å². The van der Waals surface area contributed by atoms with Crippen molar-refractivity contribution in [3.8, 4) is 0 Å². The molecule has 0 aliphatic rings. The van der Waals surface area contributed by atoms with Gasteiger partial charge in [0.25, 0.3) is 5.91 Å². The van der Waals surface area contributed by atoms with Crippen molar-refractivity contribution in [1.82, 2.24) is 5.32 Å². The Morgan fingerprint density at radius 3 is 2.47 bits per heavy atom. The molecule has 7 heteroatoms. The Morgan fingerprint density at radius 1 is 1.41 bits per heavy atom. The third kappa shape index (κ3) is 3.42. The Hall–Kier alpha value is -2.15. The number of hydrogen-bond donors (Lipinski definition) is 3. The average Bonchev–Trinajstić information content (AvgIpc) is 2.25. The van der Waals surface area contributed by atoms with Crippen LogP contribution in [0.3, 0.4) is 0 Å². The summed E-state index contributed by atoms with van der Waals surface area (Å²) in [6, 6.07) is 0.810. The van der Waals surface area contributed by atoms with Crippen LogP contribution in [0.25, 0.3) is 0 Å². The summed E-state index contributed by atoms with van der Waals surface area (Å²) in [7, 11) is 0. The molecule has 0 aliphatic heterocycles. The summed E-state index contributed by atoms with van der Waals surface area (Å²) in [5.74, 6) is -2.10. The minimum absolute atomic E-state index is 0.00324. The number of carboxylic acid groups (broad SMARTS) is 1. The Kier molecular flexibility index (Phi) is 4.00. The molecule has 1 aromatic heterocycles. The number of rotatable bonds is 4. The fourth-order valence-corrected chi connectivity index (χ4v) is 1.10. The highest BCUT2D eigenvalue weighted by Crippen LogP contribution is 1.99. The van der Waals surface area contributed by atoms with Crippen LogP contribution in [0, 0.1) is 0 Å². The fourth-order valence-electron chi connectivity index (χ4n) is 1.10. The van der Waals surface area contributed by atoms with E-state index in [2.05, 4.69) is 9.73 Å². The second-order valence-corrected chi connectivity index (χ2v) is 3.37. The second kappa shape index (κ2) is 5.26. The van der Waals surface area contributed by atoms with Crippen LogP contribution in [0.4, 0.5) is 0 Å². The summed E-state index contributed by atoms with van der Waals surface area (Å²) in [5, 5.41) is 20.0. The van der Waals surface area contributed by atoms with Crippen molar-refractivity contribution in [2.24, 2.45) is 0 Å². The fraction of sp³-hybridized carbons (Fsp3) is 0.300. The van der Waals surface area contributed by atoms with Gasteiger partial charge in [0.15, 0.2) is 6.04 Å². The number of aliphatic hydroxyl groups is 1. The molecule has 17 heavy (non-hydrogen) atoms. The molecule has 1 heterocycles. The highest BCUT2D eigenvalue weighted by molar-refractivity contribution is 5.96. The molecule has 92 valence electrons. The van der Waals surface area contributed by atoms with Gasteiger partial charge in [-0.05, 0) is 13.0 Å². The molecule has 0 bridgehead atoms. The molecule has 0 unspecified atom stereocenters. The minimum Gasteiger partial charge on any atom is -0.480 e. The molecule has 0 aromatic carbocycles. The molecule has 0 saturated carbocycles. The monoisotopic (exact) mass is 241 g/mol. The van der Waals surface area contributed by atoms with Gasteiger partial charge in [0.05, 0.1) is 11.7 Å². The maximum Gasteiger partial charge on any atom is 0.335 e. The van der Waals surface area contributed by atoms with Gasteiger partial charge in [0.1, 0.15) is 6.26 Å².